The number of ether oxygens (including phenoxy) is 1. The first kappa shape index (κ1) is 21.7. The Balaban J connectivity index is 2.01. The first-order chi connectivity index (χ1) is 14.2. The molecule has 2 aromatic heterocycles. The molecule has 0 radical (unpaired) electrons. The lowest BCUT2D eigenvalue weighted by atomic mass is 10.1. The minimum Gasteiger partial charge on any atom is -0.444 e. The van der Waals surface area contributed by atoms with Gasteiger partial charge in [-0.3, -0.25) is 9.36 Å². The molecule has 0 atom stereocenters. The lowest BCUT2D eigenvalue weighted by molar-refractivity contribution is 0.0240. The molecule has 3 rings (SSSR count). The Hall–Kier alpha value is -3.04. The van der Waals surface area contributed by atoms with Gasteiger partial charge in [-0.25, -0.2) is 9.78 Å². The summed E-state index contributed by atoms with van der Waals surface area (Å²) >= 11 is 3.37. The number of piperazine rings is 1. The zero-order chi connectivity index (χ0) is 22.1. The number of carbonyl (C=O) groups excluding carboxylic acids is 1. The summed E-state index contributed by atoms with van der Waals surface area (Å²) in [6.45, 7) is 7.20. The van der Waals surface area contributed by atoms with Crippen molar-refractivity contribution in [2.45, 2.75) is 32.9 Å². The van der Waals surface area contributed by atoms with Gasteiger partial charge in [-0.1, -0.05) is 5.92 Å². The molecular weight excluding hydrogens is 450 g/mol. The summed E-state index contributed by atoms with van der Waals surface area (Å²) in [7, 11) is 0. The van der Waals surface area contributed by atoms with Crippen molar-refractivity contribution in [3.63, 3.8) is 0 Å². The Morgan fingerprint density at radius 3 is 2.53 bits per heavy atom. The zero-order valence-corrected chi connectivity index (χ0v) is 18.7. The fraction of sp³-hybridized carbons (Fsp3) is 0.429. The Kier molecular flexibility index (Phi) is 6.04. The monoisotopic (exact) mass is 471 g/mol. The summed E-state index contributed by atoms with van der Waals surface area (Å²) in [6, 6.07) is 5.52. The second-order valence-corrected chi connectivity index (χ2v) is 8.70. The molecule has 1 aliphatic rings. The highest BCUT2D eigenvalue weighted by Crippen LogP contribution is 2.29. The van der Waals surface area contributed by atoms with Gasteiger partial charge in [0.05, 0.1) is 17.7 Å². The van der Waals surface area contributed by atoms with Gasteiger partial charge in [-0.2, -0.15) is 5.26 Å². The van der Waals surface area contributed by atoms with E-state index in [1.54, 1.807) is 17.0 Å². The molecule has 0 saturated carbocycles. The summed E-state index contributed by atoms with van der Waals surface area (Å²) < 4.78 is 7.40. The molecule has 0 aromatic carbocycles. The molecule has 1 saturated heterocycles. The van der Waals surface area contributed by atoms with Crippen molar-refractivity contribution >= 4 is 38.7 Å². The molecule has 1 aliphatic heterocycles. The van der Waals surface area contributed by atoms with Crippen molar-refractivity contribution in [2.24, 2.45) is 0 Å². The highest BCUT2D eigenvalue weighted by molar-refractivity contribution is 9.10. The topological polar surface area (TPSA) is 91.5 Å². The van der Waals surface area contributed by atoms with Gasteiger partial charge in [0.25, 0.3) is 5.56 Å². The Morgan fingerprint density at radius 2 is 1.97 bits per heavy atom. The number of pyridine rings is 2. The smallest absolute Gasteiger partial charge is 0.410 e. The number of hydrogen-bond acceptors (Lipinski definition) is 6. The zero-order valence-electron chi connectivity index (χ0n) is 17.1. The van der Waals surface area contributed by atoms with Crippen LogP contribution < -0.4 is 10.5 Å². The number of nitriles is 1. The number of anilines is 1. The van der Waals surface area contributed by atoms with Crippen LogP contribution in [0.2, 0.25) is 0 Å². The van der Waals surface area contributed by atoms with Crippen LogP contribution >= 0.6 is 15.9 Å². The predicted molar refractivity (Wildman–Crippen MR) is 117 cm³/mol. The fourth-order valence-corrected chi connectivity index (χ4v) is 3.69. The van der Waals surface area contributed by atoms with Crippen molar-refractivity contribution in [3.05, 3.63) is 32.7 Å². The second-order valence-electron chi connectivity index (χ2n) is 7.89. The van der Waals surface area contributed by atoms with Crippen LogP contribution in [0.15, 0.2) is 21.5 Å². The van der Waals surface area contributed by atoms with E-state index < -0.39 is 11.2 Å². The molecule has 8 nitrogen and oxygen atoms in total. The molecule has 0 spiro atoms. The van der Waals surface area contributed by atoms with Crippen LogP contribution in [-0.4, -0.2) is 52.3 Å². The molecule has 1 amide bonds. The van der Waals surface area contributed by atoms with Crippen molar-refractivity contribution < 1.29 is 9.53 Å². The maximum Gasteiger partial charge on any atom is 0.410 e. The number of fused-ring (bicyclic) bond motifs is 1. The lowest BCUT2D eigenvalue weighted by Gasteiger charge is -2.37. The summed E-state index contributed by atoms with van der Waals surface area (Å²) in [5.74, 6) is 2.46. The highest BCUT2D eigenvalue weighted by atomic mass is 79.9. The van der Waals surface area contributed by atoms with Gasteiger partial charge >= 0.3 is 6.09 Å². The summed E-state index contributed by atoms with van der Waals surface area (Å²) in [5, 5.41) is 9.75. The number of terminal acetylenes is 1. The van der Waals surface area contributed by atoms with Crippen LogP contribution in [0.5, 0.6) is 0 Å². The van der Waals surface area contributed by atoms with Gasteiger partial charge in [0.1, 0.15) is 27.4 Å². The molecule has 0 aliphatic carbocycles. The van der Waals surface area contributed by atoms with Crippen molar-refractivity contribution in [1.29, 1.82) is 5.26 Å². The molecule has 30 heavy (non-hydrogen) atoms. The van der Waals surface area contributed by atoms with E-state index in [9.17, 15) is 14.9 Å². The minimum absolute atomic E-state index is 0.00549. The number of hydrogen-bond donors (Lipinski definition) is 0. The molecule has 0 N–H and O–H groups in total. The maximum absolute atomic E-state index is 13.0. The number of amides is 1. The molecule has 1 fully saturated rings. The van der Waals surface area contributed by atoms with Gasteiger partial charge in [-0.05, 0) is 48.8 Å². The van der Waals surface area contributed by atoms with Crippen LogP contribution in [-0.2, 0) is 11.3 Å². The molecule has 156 valence electrons. The van der Waals surface area contributed by atoms with Gasteiger partial charge < -0.3 is 14.5 Å². The normalized spacial score (nSPS) is 14.3. The van der Waals surface area contributed by atoms with Crippen molar-refractivity contribution in [1.82, 2.24) is 14.5 Å². The van der Waals surface area contributed by atoms with Gasteiger partial charge in [-0.15, -0.1) is 6.42 Å². The number of nitrogens with zero attached hydrogens (tertiary/aromatic N) is 5. The predicted octanol–water partition coefficient (Wildman–Crippen LogP) is 2.72. The average Bonchev–Trinajstić information content (AvgIpc) is 2.68. The van der Waals surface area contributed by atoms with Crippen LogP contribution in [0.3, 0.4) is 0 Å². The number of rotatable bonds is 2. The van der Waals surface area contributed by atoms with E-state index in [1.807, 2.05) is 31.7 Å². The van der Waals surface area contributed by atoms with E-state index in [-0.39, 0.29) is 18.2 Å². The number of aromatic nitrogens is 2. The standard InChI is InChI=1S/C21H22BrN5O3/c1-5-8-27-15-6-7-16(22)24-17(15)18(14(13-23)19(27)28)25-9-11-26(12-10-25)20(29)30-21(2,3)4/h1,6-7H,8-12H2,2-4H3. The molecule has 3 heterocycles. The number of halogens is 1. The van der Waals surface area contributed by atoms with E-state index in [1.165, 1.54) is 4.57 Å². The molecule has 0 unspecified atom stereocenters. The highest BCUT2D eigenvalue weighted by Gasteiger charge is 2.29. The minimum atomic E-state index is -0.573. The molecule has 9 heteroatoms. The average molecular weight is 472 g/mol. The Morgan fingerprint density at radius 1 is 1.30 bits per heavy atom. The van der Waals surface area contributed by atoms with Crippen LogP contribution in [0.25, 0.3) is 11.0 Å². The molecular formula is C21H22BrN5O3. The molecule has 2 aromatic rings. The van der Waals surface area contributed by atoms with E-state index in [4.69, 9.17) is 11.2 Å². The van der Waals surface area contributed by atoms with E-state index >= 15 is 0 Å². The largest absolute Gasteiger partial charge is 0.444 e. The van der Waals surface area contributed by atoms with Gasteiger partial charge in [0, 0.05) is 26.2 Å². The quantitative estimate of drug-likeness (QED) is 0.493. The van der Waals surface area contributed by atoms with Crippen LogP contribution in [0.4, 0.5) is 10.5 Å². The summed E-state index contributed by atoms with van der Waals surface area (Å²) in [4.78, 5) is 33.4. The first-order valence-corrected chi connectivity index (χ1v) is 10.2. The van der Waals surface area contributed by atoms with Crippen LogP contribution in [0, 0.1) is 23.7 Å². The van der Waals surface area contributed by atoms with E-state index in [0.717, 1.165) is 0 Å². The first-order valence-electron chi connectivity index (χ1n) is 9.45. The van der Waals surface area contributed by atoms with Crippen molar-refractivity contribution in [3.8, 4) is 18.4 Å². The maximum atomic E-state index is 13.0. The third-order valence-electron chi connectivity index (χ3n) is 4.66. The number of carbonyl (C=O) groups is 1. The third-order valence-corrected chi connectivity index (χ3v) is 5.10. The molecule has 0 bridgehead atoms. The van der Waals surface area contributed by atoms with Gasteiger partial charge in [0.2, 0.25) is 0 Å². The third kappa shape index (κ3) is 4.27. The summed E-state index contributed by atoms with van der Waals surface area (Å²) in [6.07, 6.45) is 5.05. The Bertz CT molecular complexity index is 1130. The van der Waals surface area contributed by atoms with E-state index in [2.05, 4.69) is 26.8 Å². The van der Waals surface area contributed by atoms with Crippen LogP contribution in [0.1, 0.15) is 26.3 Å². The lowest BCUT2D eigenvalue weighted by Crippen LogP contribution is -2.50. The van der Waals surface area contributed by atoms with Crippen molar-refractivity contribution in [2.75, 3.05) is 31.1 Å². The SMILES string of the molecule is C#CCn1c(=O)c(C#N)c(N2CCN(C(=O)OC(C)(C)C)CC2)c2nc(Br)ccc21. The summed E-state index contributed by atoms with van der Waals surface area (Å²) in [5.41, 5.74) is 0.517. The van der Waals surface area contributed by atoms with E-state index in [0.29, 0.717) is 47.5 Å². The van der Waals surface area contributed by atoms with Gasteiger partial charge in [0.15, 0.2) is 0 Å². The second kappa shape index (κ2) is 8.37. The Labute approximate surface area is 183 Å². The fourth-order valence-electron chi connectivity index (χ4n) is 3.38.